The number of hydrogen-bond donors (Lipinski definition) is 0. The van der Waals surface area contributed by atoms with E-state index in [1.807, 2.05) is 0 Å². The molecule has 0 aromatic rings. The Labute approximate surface area is 149 Å². The zero-order chi connectivity index (χ0) is 17.3. The number of ether oxygens (including phenoxy) is 2. The molecule has 0 aromatic carbocycles. The first-order chi connectivity index (χ1) is 11.8. The minimum absolute atomic E-state index is 0.0285. The largest absolute Gasteiger partial charge is 0.464 e. The zero-order valence-corrected chi connectivity index (χ0v) is 15.9. The van der Waals surface area contributed by atoms with Crippen LogP contribution in [0.25, 0.3) is 0 Å². The molecular weight excluding hydrogens is 302 g/mol. The highest BCUT2D eigenvalue weighted by molar-refractivity contribution is 5.69. The van der Waals surface area contributed by atoms with Crippen LogP contribution in [0.15, 0.2) is 0 Å². The second-order valence-electron chi connectivity index (χ2n) is 6.96. The van der Waals surface area contributed by atoms with E-state index in [0.29, 0.717) is 13.0 Å². The summed E-state index contributed by atoms with van der Waals surface area (Å²) < 4.78 is 10.6. The molecule has 1 aliphatic rings. The molecule has 1 saturated heterocycles. The summed E-state index contributed by atoms with van der Waals surface area (Å²) in [5.41, 5.74) is 0. The molecule has 0 spiro atoms. The summed E-state index contributed by atoms with van der Waals surface area (Å²) in [6.45, 7) is 7.13. The lowest BCUT2D eigenvalue weighted by molar-refractivity contribution is -0.144. The van der Waals surface area contributed by atoms with Gasteiger partial charge in [-0.05, 0) is 6.42 Å². The minimum Gasteiger partial charge on any atom is -0.464 e. The van der Waals surface area contributed by atoms with Crippen LogP contribution >= 0.6 is 0 Å². The lowest BCUT2D eigenvalue weighted by Crippen LogP contribution is -2.38. The lowest BCUT2D eigenvalue weighted by atomic mass is 10.1. The van der Waals surface area contributed by atoms with Gasteiger partial charge >= 0.3 is 5.97 Å². The molecule has 1 rings (SSSR count). The predicted molar refractivity (Wildman–Crippen MR) is 99.3 cm³/mol. The molecule has 0 radical (unpaired) electrons. The van der Waals surface area contributed by atoms with E-state index >= 15 is 0 Å². The molecule has 0 aromatic heterocycles. The molecule has 0 aliphatic carbocycles. The van der Waals surface area contributed by atoms with E-state index in [4.69, 9.17) is 9.47 Å². The van der Waals surface area contributed by atoms with Crippen molar-refractivity contribution in [2.75, 3.05) is 39.5 Å². The van der Waals surface area contributed by atoms with Gasteiger partial charge in [-0.25, -0.2) is 0 Å². The second-order valence-corrected chi connectivity index (χ2v) is 6.96. The van der Waals surface area contributed by atoms with Gasteiger partial charge < -0.3 is 9.47 Å². The third-order valence-electron chi connectivity index (χ3n) is 4.76. The normalized spacial score (nSPS) is 15.5. The number of unbranched alkanes of at least 4 members (excludes halogenated alkanes) is 10. The van der Waals surface area contributed by atoms with Gasteiger partial charge in [0.05, 0.1) is 13.2 Å². The molecule has 0 saturated carbocycles. The van der Waals surface area contributed by atoms with Gasteiger partial charge in [0.15, 0.2) is 0 Å². The number of carbonyl (C=O) groups excluding carboxylic acids is 1. The first-order valence-corrected chi connectivity index (χ1v) is 10.3. The Balaban J connectivity index is 1.77. The van der Waals surface area contributed by atoms with Gasteiger partial charge in [-0.3, -0.25) is 9.69 Å². The summed E-state index contributed by atoms with van der Waals surface area (Å²) in [5.74, 6) is -0.0285. The Hall–Kier alpha value is -0.610. The fourth-order valence-corrected chi connectivity index (χ4v) is 3.12. The third kappa shape index (κ3) is 12.8. The molecule has 0 unspecified atom stereocenters. The Bertz CT molecular complexity index is 291. The first kappa shape index (κ1) is 21.4. The molecule has 142 valence electrons. The van der Waals surface area contributed by atoms with Crippen LogP contribution in [-0.2, 0) is 14.3 Å². The van der Waals surface area contributed by atoms with Crippen molar-refractivity contribution in [3.63, 3.8) is 0 Å². The molecular formula is C20H39NO3. The van der Waals surface area contributed by atoms with Crippen molar-refractivity contribution in [2.24, 2.45) is 0 Å². The molecule has 0 bridgehead atoms. The van der Waals surface area contributed by atoms with E-state index in [2.05, 4.69) is 11.8 Å². The monoisotopic (exact) mass is 341 g/mol. The summed E-state index contributed by atoms with van der Waals surface area (Å²) in [5, 5.41) is 0. The summed E-state index contributed by atoms with van der Waals surface area (Å²) in [6, 6.07) is 0. The van der Waals surface area contributed by atoms with Gasteiger partial charge in [0.1, 0.15) is 6.61 Å². The highest BCUT2D eigenvalue weighted by Crippen LogP contribution is 2.12. The topological polar surface area (TPSA) is 38.8 Å². The molecule has 4 nitrogen and oxygen atoms in total. The summed E-state index contributed by atoms with van der Waals surface area (Å²) in [6.07, 6.45) is 15.0. The van der Waals surface area contributed by atoms with Gasteiger partial charge in [0.2, 0.25) is 0 Å². The van der Waals surface area contributed by atoms with Crippen LogP contribution < -0.4 is 0 Å². The lowest BCUT2D eigenvalue weighted by Gasteiger charge is -2.26. The molecule has 0 amide bonds. The number of nitrogens with zero attached hydrogens (tertiary/aromatic N) is 1. The van der Waals surface area contributed by atoms with Crippen LogP contribution in [0.5, 0.6) is 0 Å². The smallest absolute Gasteiger partial charge is 0.305 e. The molecule has 1 heterocycles. The molecule has 0 atom stereocenters. The maximum absolute atomic E-state index is 11.7. The van der Waals surface area contributed by atoms with Crippen molar-refractivity contribution in [2.45, 2.75) is 84.0 Å². The number of esters is 1. The number of rotatable bonds is 15. The van der Waals surface area contributed by atoms with Crippen molar-refractivity contribution in [1.82, 2.24) is 4.90 Å². The molecule has 24 heavy (non-hydrogen) atoms. The maximum Gasteiger partial charge on any atom is 0.305 e. The molecule has 1 aliphatic heterocycles. The fourth-order valence-electron chi connectivity index (χ4n) is 3.12. The Morgan fingerprint density at radius 1 is 0.875 bits per heavy atom. The highest BCUT2D eigenvalue weighted by Gasteiger charge is 2.10. The Morgan fingerprint density at radius 3 is 2.00 bits per heavy atom. The Morgan fingerprint density at radius 2 is 1.42 bits per heavy atom. The Kier molecular flexibility index (Phi) is 14.2. The van der Waals surface area contributed by atoms with Crippen molar-refractivity contribution in [1.29, 1.82) is 0 Å². The van der Waals surface area contributed by atoms with Crippen LogP contribution in [-0.4, -0.2) is 50.3 Å². The first-order valence-electron chi connectivity index (χ1n) is 10.3. The van der Waals surface area contributed by atoms with Crippen molar-refractivity contribution >= 4 is 5.97 Å². The van der Waals surface area contributed by atoms with Gasteiger partial charge in [-0.2, -0.15) is 0 Å². The van der Waals surface area contributed by atoms with Crippen LogP contribution in [0.3, 0.4) is 0 Å². The average Bonchev–Trinajstić information content (AvgIpc) is 2.60. The van der Waals surface area contributed by atoms with Crippen LogP contribution in [0.4, 0.5) is 0 Å². The summed E-state index contributed by atoms with van der Waals surface area (Å²) in [7, 11) is 0. The van der Waals surface area contributed by atoms with Crippen molar-refractivity contribution in [3.8, 4) is 0 Å². The number of hydrogen-bond acceptors (Lipinski definition) is 4. The highest BCUT2D eigenvalue weighted by atomic mass is 16.5. The van der Waals surface area contributed by atoms with Gasteiger partial charge in [-0.15, -0.1) is 0 Å². The van der Waals surface area contributed by atoms with Crippen LogP contribution in [0.2, 0.25) is 0 Å². The van der Waals surface area contributed by atoms with Gasteiger partial charge in [0, 0.05) is 26.1 Å². The second kappa shape index (κ2) is 15.9. The fraction of sp³-hybridized carbons (Fsp3) is 0.950. The van der Waals surface area contributed by atoms with Gasteiger partial charge in [-0.1, -0.05) is 71.1 Å². The standard InChI is InChI=1S/C20H39NO3/c1-2-3-4-5-6-7-8-9-10-11-12-13-20(22)24-19-16-21-14-17-23-18-15-21/h2-19H2,1H3. The number of morpholine rings is 1. The van der Waals surface area contributed by atoms with E-state index < -0.39 is 0 Å². The molecule has 0 N–H and O–H groups in total. The summed E-state index contributed by atoms with van der Waals surface area (Å²) >= 11 is 0. The van der Waals surface area contributed by atoms with E-state index in [9.17, 15) is 4.79 Å². The predicted octanol–water partition coefficient (Wildman–Crippen LogP) is 4.56. The molecule has 1 fully saturated rings. The third-order valence-corrected chi connectivity index (χ3v) is 4.76. The zero-order valence-electron chi connectivity index (χ0n) is 15.9. The average molecular weight is 342 g/mol. The minimum atomic E-state index is -0.0285. The van der Waals surface area contributed by atoms with E-state index in [1.54, 1.807) is 0 Å². The van der Waals surface area contributed by atoms with Crippen molar-refractivity contribution in [3.05, 3.63) is 0 Å². The van der Waals surface area contributed by atoms with E-state index in [-0.39, 0.29) is 5.97 Å². The van der Waals surface area contributed by atoms with E-state index in [0.717, 1.165) is 45.7 Å². The quantitative estimate of drug-likeness (QED) is 0.323. The molecule has 4 heteroatoms. The van der Waals surface area contributed by atoms with Gasteiger partial charge in [0.25, 0.3) is 0 Å². The van der Waals surface area contributed by atoms with Crippen LogP contribution in [0, 0.1) is 0 Å². The maximum atomic E-state index is 11.7. The number of carbonyl (C=O) groups is 1. The van der Waals surface area contributed by atoms with Crippen molar-refractivity contribution < 1.29 is 14.3 Å². The van der Waals surface area contributed by atoms with Crippen LogP contribution in [0.1, 0.15) is 84.0 Å². The SMILES string of the molecule is CCCCCCCCCCCCCC(=O)OCCN1CCOCC1. The van der Waals surface area contributed by atoms with E-state index in [1.165, 1.54) is 57.8 Å². The summed E-state index contributed by atoms with van der Waals surface area (Å²) in [4.78, 5) is 14.0.